The molecule has 0 bridgehead atoms. The van der Waals surface area contributed by atoms with Gasteiger partial charge in [-0.2, -0.15) is 0 Å². The quantitative estimate of drug-likeness (QED) is 0.809. The van der Waals surface area contributed by atoms with Gasteiger partial charge in [0.25, 0.3) is 0 Å². The Morgan fingerprint density at radius 3 is 2.88 bits per heavy atom. The Balaban J connectivity index is 2.27. The average molecular weight is 252 g/mol. The molecule has 0 saturated carbocycles. The van der Waals surface area contributed by atoms with Gasteiger partial charge >= 0.3 is 0 Å². The molecule has 1 aromatic rings. The second-order valence-electron chi connectivity index (χ2n) is 4.72. The molecule has 0 aliphatic carbocycles. The van der Waals surface area contributed by atoms with E-state index < -0.39 is 0 Å². The number of nitrogens with zero attached hydrogens (tertiary/aromatic N) is 1. The number of hydrogen-bond donors (Lipinski definition) is 2. The fourth-order valence-corrected chi connectivity index (χ4v) is 3.02. The summed E-state index contributed by atoms with van der Waals surface area (Å²) in [5, 5.41) is 10.0. The molecule has 17 heavy (non-hydrogen) atoms. The van der Waals surface area contributed by atoms with Crippen LogP contribution in [0.15, 0.2) is 23.1 Å². The molecule has 1 aromatic carbocycles. The number of phenolic OH excluding ortho intramolecular Hbond substituents is 1. The summed E-state index contributed by atoms with van der Waals surface area (Å²) in [6.45, 7) is 1.74. The first kappa shape index (κ1) is 12.7. The second kappa shape index (κ2) is 5.29. The van der Waals surface area contributed by atoms with E-state index in [1.807, 2.05) is 6.07 Å². The van der Waals surface area contributed by atoms with Gasteiger partial charge in [-0.05, 0) is 50.4 Å². The normalized spacial score (nSPS) is 25.4. The largest absolute Gasteiger partial charge is 0.508 e. The van der Waals surface area contributed by atoms with Gasteiger partial charge in [0.1, 0.15) is 5.75 Å². The van der Waals surface area contributed by atoms with Gasteiger partial charge in [-0.25, -0.2) is 0 Å². The molecule has 1 aliphatic rings. The highest BCUT2D eigenvalue weighted by atomic mass is 32.2. The molecular weight excluding hydrogens is 232 g/mol. The third kappa shape index (κ3) is 2.59. The summed E-state index contributed by atoms with van der Waals surface area (Å²) in [7, 11) is 2.10. The minimum Gasteiger partial charge on any atom is -0.508 e. The van der Waals surface area contributed by atoms with Crippen molar-refractivity contribution in [1.82, 2.24) is 4.90 Å². The predicted molar refractivity (Wildman–Crippen MR) is 72.4 cm³/mol. The van der Waals surface area contributed by atoms with E-state index in [2.05, 4.69) is 24.3 Å². The van der Waals surface area contributed by atoms with Crippen molar-refractivity contribution >= 4 is 11.8 Å². The molecule has 1 fully saturated rings. The summed E-state index contributed by atoms with van der Waals surface area (Å²) in [5.41, 5.74) is 6.77. The van der Waals surface area contributed by atoms with Crippen LogP contribution >= 0.6 is 11.8 Å². The van der Waals surface area contributed by atoms with E-state index in [9.17, 15) is 5.11 Å². The molecule has 4 heteroatoms. The zero-order valence-electron chi connectivity index (χ0n) is 10.4. The van der Waals surface area contributed by atoms with Crippen molar-refractivity contribution in [2.75, 3.05) is 26.4 Å². The smallest absolute Gasteiger partial charge is 0.120 e. The maximum atomic E-state index is 10.0. The summed E-state index contributed by atoms with van der Waals surface area (Å²) >= 11 is 1.70. The molecule has 0 amide bonds. The molecule has 2 rings (SSSR count). The lowest BCUT2D eigenvalue weighted by molar-refractivity contribution is 0.305. The van der Waals surface area contributed by atoms with E-state index in [0.717, 1.165) is 25.1 Å². The standard InChI is InChI=1S/C13H20N2OS/c1-15-8-9(7-14)5-12(15)11-6-10(17-2)3-4-13(11)16/h3-4,6,9,12,16H,5,7-8,14H2,1-2H3. The minimum atomic E-state index is 0.302. The SMILES string of the molecule is CSc1ccc(O)c(C2CC(CN)CN2C)c1. The monoisotopic (exact) mass is 252 g/mol. The van der Waals surface area contributed by atoms with E-state index in [1.165, 1.54) is 4.90 Å². The molecular formula is C13H20N2OS. The number of thioether (sulfide) groups is 1. The summed E-state index contributed by atoms with van der Waals surface area (Å²) in [6, 6.07) is 6.15. The molecule has 0 aromatic heterocycles. The van der Waals surface area contributed by atoms with E-state index in [4.69, 9.17) is 5.73 Å². The average Bonchev–Trinajstić information content (AvgIpc) is 2.71. The van der Waals surface area contributed by atoms with Crippen LogP contribution in [0.4, 0.5) is 0 Å². The summed E-state index contributed by atoms with van der Waals surface area (Å²) in [5.74, 6) is 0.944. The highest BCUT2D eigenvalue weighted by molar-refractivity contribution is 7.98. The van der Waals surface area contributed by atoms with Crippen LogP contribution in [0.25, 0.3) is 0 Å². The van der Waals surface area contributed by atoms with E-state index >= 15 is 0 Å². The Labute approximate surface area is 107 Å². The van der Waals surface area contributed by atoms with Crippen LogP contribution in [-0.4, -0.2) is 36.4 Å². The van der Waals surface area contributed by atoms with E-state index in [0.29, 0.717) is 17.7 Å². The van der Waals surface area contributed by atoms with E-state index in [1.54, 1.807) is 17.8 Å². The van der Waals surface area contributed by atoms with Crippen LogP contribution in [0.2, 0.25) is 0 Å². The maximum absolute atomic E-state index is 10.0. The topological polar surface area (TPSA) is 49.5 Å². The zero-order chi connectivity index (χ0) is 12.4. The van der Waals surface area contributed by atoms with Crippen molar-refractivity contribution in [1.29, 1.82) is 0 Å². The van der Waals surface area contributed by atoms with Crippen LogP contribution in [0.5, 0.6) is 5.75 Å². The Kier molecular flexibility index (Phi) is 3.97. The second-order valence-corrected chi connectivity index (χ2v) is 5.60. The number of hydrogen-bond acceptors (Lipinski definition) is 4. The molecule has 1 aliphatic heterocycles. The summed E-state index contributed by atoms with van der Waals surface area (Å²) in [4.78, 5) is 3.49. The van der Waals surface area contributed by atoms with Crippen LogP contribution in [0, 0.1) is 5.92 Å². The lowest BCUT2D eigenvalue weighted by atomic mass is 9.99. The molecule has 2 atom stereocenters. The highest BCUT2D eigenvalue weighted by Crippen LogP contribution is 2.39. The van der Waals surface area contributed by atoms with Gasteiger partial charge < -0.3 is 10.8 Å². The van der Waals surface area contributed by atoms with Crippen molar-refractivity contribution in [2.24, 2.45) is 11.7 Å². The van der Waals surface area contributed by atoms with Gasteiger partial charge in [0, 0.05) is 23.0 Å². The highest BCUT2D eigenvalue weighted by Gasteiger charge is 2.31. The fourth-order valence-electron chi connectivity index (χ4n) is 2.57. The van der Waals surface area contributed by atoms with Gasteiger partial charge in [-0.15, -0.1) is 11.8 Å². The lowest BCUT2D eigenvalue weighted by Crippen LogP contribution is -2.20. The Hall–Kier alpha value is -0.710. The number of aromatic hydroxyl groups is 1. The van der Waals surface area contributed by atoms with Crippen LogP contribution in [0.1, 0.15) is 18.0 Å². The summed E-state index contributed by atoms with van der Waals surface area (Å²) < 4.78 is 0. The third-order valence-electron chi connectivity index (χ3n) is 3.56. The van der Waals surface area contributed by atoms with Crippen LogP contribution < -0.4 is 5.73 Å². The van der Waals surface area contributed by atoms with E-state index in [-0.39, 0.29) is 0 Å². The first-order valence-electron chi connectivity index (χ1n) is 5.93. The zero-order valence-corrected chi connectivity index (χ0v) is 11.2. The van der Waals surface area contributed by atoms with Crippen molar-refractivity contribution < 1.29 is 5.11 Å². The molecule has 3 N–H and O–H groups in total. The van der Waals surface area contributed by atoms with Crippen molar-refractivity contribution in [2.45, 2.75) is 17.4 Å². The summed E-state index contributed by atoms with van der Waals surface area (Å²) in [6.07, 6.45) is 3.09. The number of rotatable bonds is 3. The molecule has 3 nitrogen and oxygen atoms in total. The number of phenols is 1. The van der Waals surface area contributed by atoms with Gasteiger partial charge in [-0.3, -0.25) is 4.90 Å². The first-order chi connectivity index (χ1) is 8.15. The molecule has 0 spiro atoms. The third-order valence-corrected chi connectivity index (χ3v) is 4.29. The molecule has 1 heterocycles. The molecule has 1 saturated heterocycles. The lowest BCUT2D eigenvalue weighted by Gasteiger charge is -2.21. The minimum absolute atomic E-state index is 0.302. The Bertz CT molecular complexity index is 397. The Morgan fingerprint density at radius 2 is 2.29 bits per heavy atom. The Morgan fingerprint density at radius 1 is 1.53 bits per heavy atom. The number of likely N-dealkylation sites (tertiary alicyclic amines) is 1. The van der Waals surface area contributed by atoms with Crippen molar-refractivity contribution in [3.8, 4) is 5.75 Å². The fraction of sp³-hybridized carbons (Fsp3) is 0.538. The van der Waals surface area contributed by atoms with Crippen molar-refractivity contribution in [3.63, 3.8) is 0 Å². The van der Waals surface area contributed by atoms with Gasteiger partial charge in [-0.1, -0.05) is 0 Å². The molecule has 0 radical (unpaired) electrons. The maximum Gasteiger partial charge on any atom is 0.120 e. The first-order valence-corrected chi connectivity index (χ1v) is 7.15. The predicted octanol–water partition coefficient (Wildman–Crippen LogP) is 2.07. The van der Waals surface area contributed by atoms with Gasteiger partial charge in [0.05, 0.1) is 0 Å². The van der Waals surface area contributed by atoms with Crippen LogP contribution in [-0.2, 0) is 0 Å². The number of benzene rings is 1. The molecule has 2 unspecified atom stereocenters. The van der Waals surface area contributed by atoms with Gasteiger partial charge in [0.2, 0.25) is 0 Å². The number of nitrogens with two attached hydrogens (primary N) is 1. The van der Waals surface area contributed by atoms with Crippen molar-refractivity contribution in [3.05, 3.63) is 23.8 Å². The van der Waals surface area contributed by atoms with Gasteiger partial charge in [0.15, 0.2) is 0 Å². The van der Waals surface area contributed by atoms with Crippen LogP contribution in [0.3, 0.4) is 0 Å². The molecule has 94 valence electrons.